The van der Waals surface area contributed by atoms with Gasteiger partial charge in [-0.25, -0.2) is 0 Å². The van der Waals surface area contributed by atoms with Crippen LogP contribution in [0.5, 0.6) is 0 Å². The standard InChI is InChI=1S/C13H19N3O2/c1-9(2)15-13(18)10-3-5-11(6-4-10)16-12(17)7-8-14/h3-6,9H,7-8,14H2,1-2H3,(H,15,18)(H,16,17). The van der Waals surface area contributed by atoms with Crippen molar-refractivity contribution in [3.05, 3.63) is 29.8 Å². The van der Waals surface area contributed by atoms with Crippen LogP contribution in [0.4, 0.5) is 5.69 Å². The Bertz CT molecular complexity index is 413. The molecule has 0 aromatic heterocycles. The molecule has 0 saturated heterocycles. The summed E-state index contributed by atoms with van der Waals surface area (Å²) in [5.41, 5.74) is 6.51. The number of nitrogens with one attached hydrogen (secondary N) is 2. The average Bonchev–Trinajstić information content (AvgIpc) is 2.29. The van der Waals surface area contributed by atoms with Crippen molar-refractivity contribution >= 4 is 17.5 Å². The third-order valence-electron chi connectivity index (χ3n) is 2.22. The van der Waals surface area contributed by atoms with E-state index in [0.717, 1.165) is 0 Å². The zero-order valence-corrected chi connectivity index (χ0v) is 10.7. The minimum atomic E-state index is -0.128. The van der Waals surface area contributed by atoms with Crippen LogP contribution in [0.25, 0.3) is 0 Å². The van der Waals surface area contributed by atoms with Gasteiger partial charge in [-0.1, -0.05) is 0 Å². The molecular formula is C13H19N3O2. The maximum Gasteiger partial charge on any atom is 0.251 e. The van der Waals surface area contributed by atoms with Crippen LogP contribution in [0.1, 0.15) is 30.6 Å². The Labute approximate surface area is 107 Å². The molecule has 0 radical (unpaired) electrons. The Hall–Kier alpha value is -1.88. The number of nitrogens with two attached hydrogens (primary N) is 1. The number of hydrogen-bond donors (Lipinski definition) is 3. The fourth-order valence-corrected chi connectivity index (χ4v) is 1.41. The molecule has 0 aliphatic carbocycles. The highest BCUT2D eigenvalue weighted by Gasteiger charge is 2.07. The highest BCUT2D eigenvalue weighted by atomic mass is 16.2. The minimum Gasteiger partial charge on any atom is -0.350 e. The van der Waals surface area contributed by atoms with E-state index >= 15 is 0 Å². The average molecular weight is 249 g/mol. The summed E-state index contributed by atoms with van der Waals surface area (Å²) in [6, 6.07) is 6.85. The fourth-order valence-electron chi connectivity index (χ4n) is 1.41. The van der Waals surface area contributed by atoms with E-state index in [1.54, 1.807) is 24.3 Å². The molecule has 1 rings (SSSR count). The number of carbonyl (C=O) groups excluding carboxylic acids is 2. The maximum atomic E-state index is 11.7. The van der Waals surface area contributed by atoms with Crippen LogP contribution in [0.2, 0.25) is 0 Å². The van der Waals surface area contributed by atoms with E-state index < -0.39 is 0 Å². The smallest absolute Gasteiger partial charge is 0.251 e. The van der Waals surface area contributed by atoms with Crippen molar-refractivity contribution in [1.82, 2.24) is 5.32 Å². The molecule has 5 heteroatoms. The van der Waals surface area contributed by atoms with Crippen LogP contribution in [-0.4, -0.2) is 24.4 Å². The summed E-state index contributed by atoms with van der Waals surface area (Å²) in [7, 11) is 0. The van der Waals surface area contributed by atoms with Crippen molar-refractivity contribution in [2.75, 3.05) is 11.9 Å². The number of benzene rings is 1. The van der Waals surface area contributed by atoms with Crippen molar-refractivity contribution < 1.29 is 9.59 Å². The third-order valence-corrected chi connectivity index (χ3v) is 2.22. The third kappa shape index (κ3) is 4.55. The number of rotatable bonds is 5. The lowest BCUT2D eigenvalue weighted by Gasteiger charge is -2.09. The van der Waals surface area contributed by atoms with Crippen LogP contribution in [0.3, 0.4) is 0 Å². The number of hydrogen-bond acceptors (Lipinski definition) is 3. The molecule has 18 heavy (non-hydrogen) atoms. The summed E-state index contributed by atoms with van der Waals surface area (Å²) < 4.78 is 0. The molecule has 0 fully saturated rings. The number of anilines is 1. The quantitative estimate of drug-likeness (QED) is 0.731. The van der Waals surface area contributed by atoms with E-state index in [9.17, 15) is 9.59 Å². The second kappa shape index (κ2) is 6.76. The fraction of sp³-hybridized carbons (Fsp3) is 0.385. The van der Waals surface area contributed by atoms with Gasteiger partial charge in [0.15, 0.2) is 0 Å². The van der Waals surface area contributed by atoms with Gasteiger partial charge in [-0.2, -0.15) is 0 Å². The van der Waals surface area contributed by atoms with E-state index in [0.29, 0.717) is 17.8 Å². The Kier molecular flexibility index (Phi) is 5.32. The Morgan fingerprint density at radius 2 is 1.83 bits per heavy atom. The van der Waals surface area contributed by atoms with Crippen molar-refractivity contribution in [3.8, 4) is 0 Å². The molecule has 0 spiro atoms. The molecule has 0 aliphatic rings. The molecular weight excluding hydrogens is 230 g/mol. The lowest BCUT2D eigenvalue weighted by molar-refractivity contribution is -0.116. The molecule has 0 bridgehead atoms. The van der Waals surface area contributed by atoms with Gasteiger partial charge in [0.1, 0.15) is 0 Å². The molecule has 0 saturated carbocycles. The molecule has 0 aliphatic heterocycles. The first kappa shape index (κ1) is 14.2. The summed E-state index contributed by atoms with van der Waals surface area (Å²) in [4.78, 5) is 23.0. The summed E-state index contributed by atoms with van der Waals surface area (Å²) in [5, 5.41) is 5.50. The normalized spacial score (nSPS) is 10.2. The van der Waals surface area contributed by atoms with E-state index in [1.807, 2.05) is 13.8 Å². The van der Waals surface area contributed by atoms with E-state index in [4.69, 9.17) is 5.73 Å². The highest BCUT2D eigenvalue weighted by Crippen LogP contribution is 2.10. The van der Waals surface area contributed by atoms with Crippen LogP contribution in [0, 0.1) is 0 Å². The molecule has 2 amide bonds. The lowest BCUT2D eigenvalue weighted by Crippen LogP contribution is -2.30. The monoisotopic (exact) mass is 249 g/mol. The van der Waals surface area contributed by atoms with Crippen molar-refractivity contribution in [2.24, 2.45) is 5.73 Å². The Morgan fingerprint density at radius 1 is 1.22 bits per heavy atom. The number of carbonyl (C=O) groups is 2. The largest absolute Gasteiger partial charge is 0.350 e. The summed E-state index contributed by atoms with van der Waals surface area (Å²) in [5.74, 6) is -0.248. The van der Waals surface area contributed by atoms with Crippen LogP contribution in [0.15, 0.2) is 24.3 Å². The summed E-state index contributed by atoms with van der Waals surface area (Å²) in [6.07, 6.45) is 0.287. The van der Waals surface area contributed by atoms with Gasteiger partial charge in [0, 0.05) is 30.3 Å². The topological polar surface area (TPSA) is 84.2 Å². The highest BCUT2D eigenvalue weighted by molar-refractivity contribution is 5.95. The van der Waals surface area contributed by atoms with Crippen LogP contribution in [-0.2, 0) is 4.79 Å². The van der Waals surface area contributed by atoms with E-state index in [2.05, 4.69) is 10.6 Å². The van der Waals surface area contributed by atoms with Crippen LogP contribution >= 0.6 is 0 Å². The van der Waals surface area contributed by atoms with Gasteiger partial charge < -0.3 is 16.4 Å². The number of amides is 2. The van der Waals surface area contributed by atoms with Gasteiger partial charge in [-0.05, 0) is 38.1 Å². The van der Waals surface area contributed by atoms with E-state index in [-0.39, 0.29) is 24.3 Å². The SMILES string of the molecule is CC(C)NC(=O)c1ccc(NC(=O)CCN)cc1. The van der Waals surface area contributed by atoms with Gasteiger partial charge >= 0.3 is 0 Å². The van der Waals surface area contributed by atoms with Gasteiger partial charge in [-0.3, -0.25) is 9.59 Å². The summed E-state index contributed by atoms with van der Waals surface area (Å²) in [6.45, 7) is 4.12. The minimum absolute atomic E-state index is 0.0985. The zero-order chi connectivity index (χ0) is 13.5. The van der Waals surface area contributed by atoms with Crippen molar-refractivity contribution in [2.45, 2.75) is 26.3 Å². The first-order valence-corrected chi connectivity index (χ1v) is 5.93. The molecule has 1 aromatic rings. The zero-order valence-electron chi connectivity index (χ0n) is 10.7. The second-order valence-electron chi connectivity index (χ2n) is 4.29. The second-order valence-corrected chi connectivity index (χ2v) is 4.29. The molecule has 5 nitrogen and oxygen atoms in total. The first-order chi connectivity index (χ1) is 8.52. The molecule has 4 N–H and O–H groups in total. The van der Waals surface area contributed by atoms with Gasteiger partial charge in [0.05, 0.1) is 0 Å². The lowest BCUT2D eigenvalue weighted by atomic mass is 10.2. The Balaban J connectivity index is 2.62. The van der Waals surface area contributed by atoms with Gasteiger partial charge in [-0.15, -0.1) is 0 Å². The predicted molar refractivity (Wildman–Crippen MR) is 71.3 cm³/mol. The Morgan fingerprint density at radius 3 is 2.33 bits per heavy atom. The van der Waals surface area contributed by atoms with Gasteiger partial charge in [0.25, 0.3) is 5.91 Å². The molecule has 98 valence electrons. The molecule has 0 heterocycles. The molecule has 1 aromatic carbocycles. The van der Waals surface area contributed by atoms with E-state index in [1.165, 1.54) is 0 Å². The van der Waals surface area contributed by atoms with Gasteiger partial charge in [0.2, 0.25) is 5.91 Å². The maximum absolute atomic E-state index is 11.7. The molecule has 0 unspecified atom stereocenters. The van der Waals surface area contributed by atoms with Crippen LogP contribution < -0.4 is 16.4 Å². The van der Waals surface area contributed by atoms with Crippen molar-refractivity contribution in [3.63, 3.8) is 0 Å². The van der Waals surface area contributed by atoms with Crippen molar-refractivity contribution in [1.29, 1.82) is 0 Å². The predicted octanol–water partition coefficient (Wildman–Crippen LogP) is 1.11. The molecule has 0 atom stereocenters. The summed E-state index contributed by atoms with van der Waals surface area (Å²) >= 11 is 0. The first-order valence-electron chi connectivity index (χ1n) is 5.93.